The molecule has 214 valence electrons. The highest BCUT2D eigenvalue weighted by Crippen LogP contribution is 2.39. The summed E-state index contributed by atoms with van der Waals surface area (Å²) in [4.78, 5) is 7.78. The molecule has 1 heterocycles. The zero-order chi connectivity index (χ0) is 30.0. The monoisotopic (exact) mass is 677 g/mol. The Hall–Kier alpha value is -3.69. The van der Waals surface area contributed by atoms with Gasteiger partial charge in [-0.25, -0.2) is 4.98 Å². The van der Waals surface area contributed by atoms with E-state index >= 15 is 0 Å². The Morgan fingerprint density at radius 2 is 1.38 bits per heavy atom. The van der Waals surface area contributed by atoms with E-state index in [1.54, 1.807) is 20.3 Å². The van der Waals surface area contributed by atoms with Crippen LogP contribution in [0.3, 0.4) is 0 Å². The van der Waals surface area contributed by atoms with Gasteiger partial charge in [-0.15, -0.1) is 0 Å². The molecule has 1 aromatic heterocycles. The lowest BCUT2D eigenvalue weighted by molar-refractivity contribution is 0.309. The molecule has 4 N–H and O–H groups in total. The topological polar surface area (TPSA) is 148 Å². The fourth-order valence-corrected chi connectivity index (χ4v) is 4.36. The number of benzene rings is 2. The number of nitrogens with two attached hydrogens (primary N) is 2. The Kier molecular flexibility index (Phi) is 12.4. The molecule has 12 heteroatoms. The van der Waals surface area contributed by atoms with E-state index in [0.29, 0.717) is 17.2 Å². The van der Waals surface area contributed by atoms with Crippen molar-refractivity contribution in [3.05, 3.63) is 62.6 Å². The summed E-state index contributed by atoms with van der Waals surface area (Å²) < 4.78 is 28.3. The number of hydrogen-bond donors (Lipinski definition) is 2. The van der Waals surface area contributed by atoms with Gasteiger partial charge in [-0.3, -0.25) is 0 Å². The van der Waals surface area contributed by atoms with E-state index in [4.69, 9.17) is 40.4 Å². The summed E-state index contributed by atoms with van der Waals surface area (Å²) in [6.45, 7) is 8.22. The van der Waals surface area contributed by atoms with E-state index in [-0.39, 0.29) is 29.4 Å². The zero-order valence-corrected chi connectivity index (χ0v) is 26.6. The van der Waals surface area contributed by atoms with Crippen molar-refractivity contribution < 1.29 is 23.7 Å². The number of nitrogen functional groups attached to an aromatic ring is 2. The van der Waals surface area contributed by atoms with E-state index in [1.165, 1.54) is 19.6 Å². The SMILES string of the molecule is CO/C=C(\C#N)Oc1cc(Br)c(OC)cc1C(C)C.COc1cc(C(C)C)c(Oc2cnc(N)nc2N)cc1Br. The van der Waals surface area contributed by atoms with Crippen LogP contribution in [0.25, 0.3) is 0 Å². The average Bonchev–Trinajstić information content (AvgIpc) is 2.90. The third kappa shape index (κ3) is 8.66. The summed E-state index contributed by atoms with van der Waals surface area (Å²) in [5.74, 6) is 3.99. The van der Waals surface area contributed by atoms with Gasteiger partial charge in [0.2, 0.25) is 11.7 Å². The highest BCUT2D eigenvalue weighted by molar-refractivity contribution is 9.10. The molecule has 0 spiro atoms. The van der Waals surface area contributed by atoms with Crippen LogP contribution in [0.2, 0.25) is 0 Å². The lowest BCUT2D eigenvalue weighted by Gasteiger charge is -2.16. The first-order chi connectivity index (χ1) is 18.9. The maximum Gasteiger partial charge on any atom is 0.238 e. The van der Waals surface area contributed by atoms with Crippen molar-refractivity contribution in [3.8, 4) is 34.8 Å². The number of hydrogen-bond acceptors (Lipinski definition) is 10. The molecule has 0 saturated carbocycles. The van der Waals surface area contributed by atoms with Crippen LogP contribution in [0.5, 0.6) is 28.7 Å². The van der Waals surface area contributed by atoms with Gasteiger partial charge in [-0.05, 0) is 68.0 Å². The second kappa shape index (κ2) is 15.2. The number of anilines is 2. The van der Waals surface area contributed by atoms with Crippen molar-refractivity contribution in [2.75, 3.05) is 32.8 Å². The summed E-state index contributed by atoms with van der Waals surface area (Å²) in [6.07, 6.45) is 2.72. The molecule has 0 saturated heterocycles. The highest BCUT2D eigenvalue weighted by atomic mass is 79.9. The minimum Gasteiger partial charge on any atom is -0.500 e. The molecule has 40 heavy (non-hydrogen) atoms. The van der Waals surface area contributed by atoms with E-state index in [9.17, 15) is 0 Å². The Labute approximate surface area is 251 Å². The largest absolute Gasteiger partial charge is 0.500 e. The maximum absolute atomic E-state index is 8.96. The molecule has 10 nitrogen and oxygen atoms in total. The van der Waals surface area contributed by atoms with Crippen LogP contribution in [0.15, 0.2) is 51.4 Å². The quantitative estimate of drug-likeness (QED) is 0.174. The molecule has 3 aromatic rings. The maximum atomic E-state index is 8.96. The first-order valence-electron chi connectivity index (χ1n) is 12.1. The molecule has 0 atom stereocenters. The van der Waals surface area contributed by atoms with Crippen LogP contribution in [0.1, 0.15) is 50.7 Å². The highest BCUT2D eigenvalue weighted by Gasteiger charge is 2.16. The van der Waals surface area contributed by atoms with E-state index in [0.717, 1.165) is 31.6 Å². The number of allylic oxidation sites excluding steroid dienone is 1. The minimum absolute atomic E-state index is 0.0986. The Bertz CT molecular complexity index is 1390. The van der Waals surface area contributed by atoms with E-state index < -0.39 is 0 Å². The van der Waals surface area contributed by atoms with Gasteiger partial charge < -0.3 is 35.2 Å². The molecule has 0 fully saturated rings. The second-order valence-electron chi connectivity index (χ2n) is 8.87. The van der Waals surface area contributed by atoms with Gasteiger partial charge in [0.15, 0.2) is 11.6 Å². The van der Waals surface area contributed by atoms with Crippen molar-refractivity contribution >= 4 is 43.6 Å². The number of halogens is 2. The van der Waals surface area contributed by atoms with Gasteiger partial charge in [0.25, 0.3) is 0 Å². The molecule has 0 radical (unpaired) electrons. The number of aromatic nitrogens is 2. The van der Waals surface area contributed by atoms with Gasteiger partial charge in [0, 0.05) is 11.1 Å². The summed E-state index contributed by atoms with van der Waals surface area (Å²) in [7, 11) is 4.70. The van der Waals surface area contributed by atoms with Crippen molar-refractivity contribution in [3.63, 3.8) is 0 Å². The molecule has 0 aliphatic carbocycles. The van der Waals surface area contributed by atoms with Crippen LogP contribution in [-0.2, 0) is 4.74 Å². The third-order valence-corrected chi connectivity index (χ3v) is 6.63. The fourth-order valence-electron chi connectivity index (χ4n) is 3.39. The standard InChI is InChI=1S/C14H17BrN4O2.C14H16BrNO3/c1-7(2)8-4-11(20-3)9(15)5-10(8)21-12-6-18-14(17)19-13(12)16;1-9(2)11-5-14(18-4)12(15)6-13(11)19-10(7-16)8-17-3/h4-7H,1-3H3,(H4,16,17,18,19);5-6,8-9H,1-4H3/b;10-8+. The molecule has 0 bridgehead atoms. The molecular formula is C28H33Br2N5O5. The summed E-state index contributed by atoms with van der Waals surface area (Å²) in [5.41, 5.74) is 13.2. The number of rotatable bonds is 9. The smallest absolute Gasteiger partial charge is 0.238 e. The average molecular weight is 679 g/mol. The first-order valence-corrected chi connectivity index (χ1v) is 13.7. The normalized spacial score (nSPS) is 10.9. The van der Waals surface area contributed by atoms with E-state index in [1.807, 2.05) is 38.1 Å². The molecule has 0 aliphatic rings. The predicted octanol–water partition coefficient (Wildman–Crippen LogP) is 7.30. The van der Waals surface area contributed by atoms with Crippen molar-refractivity contribution in [1.82, 2.24) is 9.97 Å². The van der Waals surface area contributed by atoms with Crippen LogP contribution in [-0.4, -0.2) is 31.3 Å². The van der Waals surface area contributed by atoms with Crippen LogP contribution in [0.4, 0.5) is 11.8 Å². The number of ether oxygens (including phenoxy) is 5. The summed E-state index contributed by atoms with van der Waals surface area (Å²) in [5, 5.41) is 8.96. The van der Waals surface area contributed by atoms with Gasteiger partial charge in [-0.2, -0.15) is 10.2 Å². The number of nitrogens with zero attached hydrogens (tertiary/aromatic N) is 3. The Morgan fingerprint density at radius 1 is 0.850 bits per heavy atom. The van der Waals surface area contributed by atoms with Crippen LogP contribution < -0.4 is 30.4 Å². The third-order valence-electron chi connectivity index (χ3n) is 5.39. The minimum atomic E-state index is 0.0986. The van der Waals surface area contributed by atoms with Gasteiger partial charge >= 0.3 is 0 Å². The fraction of sp³-hybridized carbons (Fsp3) is 0.321. The Morgan fingerprint density at radius 3 is 1.82 bits per heavy atom. The van der Waals surface area contributed by atoms with Gasteiger partial charge in [0.05, 0.1) is 36.5 Å². The molecule has 0 amide bonds. The Balaban J connectivity index is 0.000000282. The lowest BCUT2D eigenvalue weighted by atomic mass is 10.0. The predicted molar refractivity (Wildman–Crippen MR) is 162 cm³/mol. The first kappa shape index (κ1) is 32.5. The van der Waals surface area contributed by atoms with Crippen molar-refractivity contribution in [2.24, 2.45) is 0 Å². The molecular weight excluding hydrogens is 646 g/mol. The van der Waals surface area contributed by atoms with Crippen LogP contribution in [0, 0.1) is 11.3 Å². The molecule has 3 rings (SSSR count). The van der Waals surface area contributed by atoms with E-state index in [2.05, 4.69) is 55.7 Å². The van der Waals surface area contributed by atoms with Crippen molar-refractivity contribution in [1.29, 1.82) is 5.26 Å². The van der Waals surface area contributed by atoms with Crippen molar-refractivity contribution in [2.45, 2.75) is 39.5 Å². The molecule has 2 aromatic carbocycles. The number of methoxy groups -OCH3 is 3. The van der Waals surface area contributed by atoms with Gasteiger partial charge in [0.1, 0.15) is 35.3 Å². The number of nitriles is 1. The van der Waals surface area contributed by atoms with Crippen LogP contribution >= 0.6 is 31.9 Å². The van der Waals surface area contributed by atoms with Gasteiger partial charge in [-0.1, -0.05) is 27.7 Å². The molecule has 0 aliphatic heterocycles. The second-order valence-corrected chi connectivity index (χ2v) is 10.6. The lowest BCUT2D eigenvalue weighted by Crippen LogP contribution is -2.03. The summed E-state index contributed by atoms with van der Waals surface area (Å²) in [6, 6.07) is 9.38. The molecule has 0 unspecified atom stereocenters. The zero-order valence-electron chi connectivity index (χ0n) is 23.4. The summed E-state index contributed by atoms with van der Waals surface area (Å²) >= 11 is 6.85.